The topological polar surface area (TPSA) is 108 Å². The minimum absolute atomic E-state index is 0.0618. The first-order chi connectivity index (χ1) is 17.9. The minimum Gasteiger partial charge on any atom is -0.358 e. The first kappa shape index (κ1) is 22.6. The zero-order valence-corrected chi connectivity index (χ0v) is 20.9. The molecule has 0 saturated carbocycles. The molecule has 0 amide bonds. The van der Waals surface area contributed by atoms with Gasteiger partial charge in [-0.3, -0.25) is 20.1 Å². The van der Waals surface area contributed by atoms with Gasteiger partial charge in [0.1, 0.15) is 0 Å². The smallest absolute Gasteiger partial charge is 0.181 e. The number of hydrogen-bond donors (Lipinski definition) is 3. The van der Waals surface area contributed by atoms with Gasteiger partial charge in [0.15, 0.2) is 5.65 Å². The van der Waals surface area contributed by atoms with E-state index < -0.39 is 0 Å². The molecule has 182 valence electrons. The first-order valence-corrected chi connectivity index (χ1v) is 12.0. The molecular weight excluding hydrogens is 460 g/mol. The molecule has 0 aromatic carbocycles. The second-order valence-corrected chi connectivity index (χ2v) is 10.1. The molecule has 0 spiro atoms. The van der Waals surface area contributed by atoms with Crippen molar-refractivity contribution in [2.45, 2.75) is 20.8 Å². The van der Waals surface area contributed by atoms with Gasteiger partial charge in [-0.05, 0) is 30.3 Å². The van der Waals surface area contributed by atoms with E-state index in [4.69, 9.17) is 0 Å². The van der Waals surface area contributed by atoms with Crippen LogP contribution in [0.2, 0.25) is 0 Å². The van der Waals surface area contributed by atoms with Gasteiger partial charge >= 0.3 is 0 Å². The first-order valence-electron chi connectivity index (χ1n) is 12.0. The second kappa shape index (κ2) is 8.67. The van der Waals surface area contributed by atoms with E-state index in [2.05, 4.69) is 86.0 Å². The van der Waals surface area contributed by atoms with Crippen LogP contribution in [0.15, 0.2) is 85.9 Å². The Morgan fingerprint density at radius 2 is 1.73 bits per heavy atom. The monoisotopic (exact) mass is 486 g/mol. The summed E-state index contributed by atoms with van der Waals surface area (Å²) in [5.41, 5.74) is 8.81. The Morgan fingerprint density at radius 3 is 2.54 bits per heavy atom. The summed E-state index contributed by atoms with van der Waals surface area (Å²) in [5, 5.41) is 12.9. The average Bonchev–Trinajstić information content (AvgIpc) is 3.52. The Balaban J connectivity index is 1.40. The van der Waals surface area contributed by atoms with E-state index in [0.717, 1.165) is 61.4 Å². The summed E-state index contributed by atoms with van der Waals surface area (Å²) in [6.07, 6.45) is 10.9. The van der Waals surface area contributed by atoms with E-state index in [1.165, 1.54) is 0 Å². The van der Waals surface area contributed by atoms with E-state index in [-0.39, 0.29) is 5.41 Å². The molecule has 0 atom stereocenters. The number of aromatic amines is 2. The van der Waals surface area contributed by atoms with E-state index in [0.29, 0.717) is 5.65 Å². The molecule has 0 aliphatic carbocycles. The van der Waals surface area contributed by atoms with Crippen molar-refractivity contribution in [1.29, 1.82) is 0 Å². The summed E-state index contributed by atoms with van der Waals surface area (Å²) in [4.78, 5) is 21.4. The molecule has 8 heteroatoms. The molecule has 8 nitrogen and oxygen atoms in total. The zero-order valence-electron chi connectivity index (χ0n) is 20.9. The van der Waals surface area contributed by atoms with Crippen LogP contribution in [0.1, 0.15) is 20.8 Å². The Morgan fingerprint density at radius 1 is 0.892 bits per heavy atom. The molecule has 3 N–H and O–H groups in total. The minimum atomic E-state index is -0.0618. The number of fused-ring (bicyclic) bond motifs is 2. The molecule has 6 aromatic rings. The number of anilines is 1. The highest BCUT2D eigenvalue weighted by molar-refractivity contribution is 6.00. The normalized spacial score (nSPS) is 11.8. The highest BCUT2D eigenvalue weighted by atomic mass is 15.2. The third-order valence-electron chi connectivity index (χ3n) is 6.44. The van der Waals surface area contributed by atoms with E-state index in [1.807, 2.05) is 43.0 Å². The molecule has 0 unspecified atom stereocenters. The van der Waals surface area contributed by atoms with Gasteiger partial charge in [-0.2, -0.15) is 5.10 Å². The van der Waals surface area contributed by atoms with Crippen LogP contribution in [0, 0.1) is 5.41 Å². The number of pyridine rings is 4. The Kier molecular flexibility index (Phi) is 5.30. The largest absolute Gasteiger partial charge is 0.358 e. The van der Waals surface area contributed by atoms with Gasteiger partial charge in [0.05, 0.1) is 40.7 Å². The second-order valence-electron chi connectivity index (χ2n) is 10.1. The Labute approximate surface area is 214 Å². The summed E-state index contributed by atoms with van der Waals surface area (Å²) < 4.78 is 0. The van der Waals surface area contributed by atoms with E-state index in [1.54, 1.807) is 12.4 Å². The molecule has 0 aliphatic heterocycles. The molecule has 6 heterocycles. The summed E-state index contributed by atoms with van der Waals surface area (Å²) in [7, 11) is 0. The highest BCUT2D eigenvalue weighted by Gasteiger charge is 2.17. The number of aromatic nitrogens is 7. The maximum atomic E-state index is 4.61. The summed E-state index contributed by atoms with van der Waals surface area (Å²) >= 11 is 0. The van der Waals surface area contributed by atoms with Crippen molar-refractivity contribution in [3.8, 4) is 33.8 Å². The predicted molar refractivity (Wildman–Crippen MR) is 148 cm³/mol. The predicted octanol–water partition coefficient (Wildman–Crippen LogP) is 6.60. The maximum absolute atomic E-state index is 4.61. The molecule has 0 aliphatic rings. The highest BCUT2D eigenvalue weighted by Crippen LogP contribution is 2.34. The molecule has 0 radical (unpaired) electrons. The van der Waals surface area contributed by atoms with Crippen LogP contribution in [-0.4, -0.2) is 35.1 Å². The lowest BCUT2D eigenvalue weighted by Crippen LogP contribution is -2.15. The fourth-order valence-corrected chi connectivity index (χ4v) is 4.20. The van der Waals surface area contributed by atoms with Crippen LogP contribution < -0.4 is 5.32 Å². The van der Waals surface area contributed by atoms with Crippen LogP contribution in [0.25, 0.3) is 55.7 Å². The van der Waals surface area contributed by atoms with Crippen molar-refractivity contribution in [2.75, 3.05) is 5.32 Å². The van der Waals surface area contributed by atoms with Crippen LogP contribution >= 0.6 is 0 Å². The maximum Gasteiger partial charge on any atom is 0.181 e. The zero-order chi connectivity index (χ0) is 25.6. The van der Waals surface area contributed by atoms with Crippen LogP contribution in [0.5, 0.6) is 0 Å². The molecule has 0 saturated heterocycles. The van der Waals surface area contributed by atoms with Crippen molar-refractivity contribution in [3.05, 3.63) is 85.9 Å². The van der Waals surface area contributed by atoms with Crippen molar-refractivity contribution in [1.82, 2.24) is 35.1 Å². The quantitative estimate of drug-likeness (QED) is 0.253. The lowest BCUT2D eigenvalue weighted by molar-refractivity contribution is 0.509. The Hall–Kier alpha value is -4.85. The lowest BCUT2D eigenvalue weighted by Gasteiger charge is -2.23. The summed E-state index contributed by atoms with van der Waals surface area (Å²) in [5.74, 6) is 0. The summed E-state index contributed by atoms with van der Waals surface area (Å²) in [6.45, 7) is 10.5. The summed E-state index contributed by atoms with van der Waals surface area (Å²) in [6, 6.07) is 12.1. The van der Waals surface area contributed by atoms with Crippen molar-refractivity contribution in [2.24, 2.45) is 5.41 Å². The fourth-order valence-electron chi connectivity index (χ4n) is 4.20. The number of allylic oxidation sites excluding steroid dienone is 1. The third-order valence-corrected chi connectivity index (χ3v) is 6.44. The van der Waals surface area contributed by atoms with Gasteiger partial charge < -0.3 is 10.3 Å². The third kappa shape index (κ3) is 4.23. The van der Waals surface area contributed by atoms with E-state index >= 15 is 0 Å². The lowest BCUT2D eigenvalue weighted by atomic mass is 9.93. The van der Waals surface area contributed by atoms with Crippen LogP contribution in [0.3, 0.4) is 0 Å². The SMILES string of the molecule is C=C(Nc1cncc(-c2cnc3n[nH]c(-c4cc5c(-c6ccccn6)cncc5[nH]4)c3c2)c1)C(C)(C)C. The molecule has 0 bridgehead atoms. The van der Waals surface area contributed by atoms with Crippen molar-refractivity contribution < 1.29 is 0 Å². The van der Waals surface area contributed by atoms with Crippen LogP contribution in [-0.2, 0) is 0 Å². The number of nitrogens with zero attached hydrogens (tertiary/aromatic N) is 5. The standard InChI is InChI=1S/C29H26N8/c1-17(29(2,3)4)34-20-9-18(12-30-14-20)19-10-22-27(36-37-28(22)33-13-19)25-11-21-23(15-31-16-26(21)35-25)24-7-5-6-8-32-24/h5-16,34-35H,1H2,2-4H3,(H,33,36,37). The van der Waals surface area contributed by atoms with Gasteiger partial charge in [0.2, 0.25) is 0 Å². The van der Waals surface area contributed by atoms with Crippen molar-refractivity contribution in [3.63, 3.8) is 0 Å². The number of hydrogen-bond acceptors (Lipinski definition) is 6. The van der Waals surface area contributed by atoms with Gasteiger partial charge in [0, 0.05) is 63.4 Å². The molecular formula is C29H26N8. The average molecular weight is 487 g/mol. The van der Waals surface area contributed by atoms with Crippen LogP contribution in [0.4, 0.5) is 5.69 Å². The Bertz CT molecular complexity index is 1760. The van der Waals surface area contributed by atoms with Crippen molar-refractivity contribution >= 4 is 27.6 Å². The van der Waals surface area contributed by atoms with Gasteiger partial charge in [-0.15, -0.1) is 0 Å². The molecule has 6 aromatic heterocycles. The fraction of sp³-hybridized carbons (Fsp3) is 0.138. The van der Waals surface area contributed by atoms with Gasteiger partial charge in [-0.1, -0.05) is 33.4 Å². The number of rotatable bonds is 5. The van der Waals surface area contributed by atoms with Gasteiger partial charge in [-0.25, -0.2) is 4.98 Å². The van der Waals surface area contributed by atoms with E-state index in [9.17, 15) is 0 Å². The number of H-pyrrole nitrogens is 2. The molecule has 0 fully saturated rings. The number of nitrogens with one attached hydrogen (secondary N) is 3. The van der Waals surface area contributed by atoms with Gasteiger partial charge in [0.25, 0.3) is 0 Å². The molecule has 37 heavy (non-hydrogen) atoms. The molecule has 6 rings (SSSR count).